The fourth-order valence-corrected chi connectivity index (χ4v) is 3.30. The van der Waals surface area contributed by atoms with Gasteiger partial charge in [0.15, 0.2) is 0 Å². The summed E-state index contributed by atoms with van der Waals surface area (Å²) < 4.78 is 45.5. The molecule has 4 aliphatic rings. The molecule has 6 atom stereocenters. The summed E-state index contributed by atoms with van der Waals surface area (Å²) in [4.78, 5) is 0. The van der Waals surface area contributed by atoms with Crippen LogP contribution < -0.4 is 9.47 Å². The summed E-state index contributed by atoms with van der Waals surface area (Å²) >= 11 is 0. The summed E-state index contributed by atoms with van der Waals surface area (Å²) in [7, 11) is 0. The van der Waals surface area contributed by atoms with Crippen LogP contribution in [-0.2, 0) is 28.4 Å². The highest BCUT2D eigenvalue weighted by atomic mass is 16.7. The van der Waals surface area contributed by atoms with Crippen molar-refractivity contribution in [1.82, 2.24) is 0 Å². The second-order valence-electron chi connectivity index (χ2n) is 7.90. The molecule has 0 radical (unpaired) electrons. The second kappa shape index (κ2) is 7.96. The first-order valence-electron chi connectivity index (χ1n) is 10.4. The molecule has 0 amide bonds. The topological polar surface area (TPSA) is 87.0 Å². The van der Waals surface area contributed by atoms with E-state index in [9.17, 15) is 0 Å². The normalized spacial score (nSPS) is 30.5. The number of hydrogen-bond donors (Lipinski definition) is 0. The average Bonchev–Trinajstić information content (AvgIpc) is 3.60. The van der Waals surface area contributed by atoms with Crippen molar-refractivity contribution in [3.63, 3.8) is 0 Å². The van der Waals surface area contributed by atoms with Crippen molar-refractivity contribution in [2.24, 2.45) is 0 Å². The van der Waals surface area contributed by atoms with Gasteiger partial charge in [-0.25, -0.2) is 0 Å². The molecule has 30 heavy (non-hydrogen) atoms. The van der Waals surface area contributed by atoms with Gasteiger partial charge in [0.2, 0.25) is 12.6 Å². The lowest BCUT2D eigenvalue weighted by Gasteiger charge is -2.21. The molecule has 0 N–H and O–H groups in total. The van der Waals surface area contributed by atoms with Gasteiger partial charge in [-0.1, -0.05) is 24.3 Å². The van der Waals surface area contributed by atoms with Crippen molar-refractivity contribution in [3.05, 3.63) is 36.4 Å². The molecule has 0 saturated carbocycles. The van der Waals surface area contributed by atoms with Gasteiger partial charge >= 0.3 is 0 Å². The molecular formula is C22H24O8. The van der Waals surface area contributed by atoms with E-state index in [1.807, 2.05) is 36.4 Å². The van der Waals surface area contributed by atoms with Crippen LogP contribution in [0.2, 0.25) is 0 Å². The van der Waals surface area contributed by atoms with E-state index in [4.69, 9.17) is 37.9 Å². The Kier molecular flexibility index (Phi) is 4.99. The van der Waals surface area contributed by atoms with Gasteiger partial charge in [-0.3, -0.25) is 0 Å². The van der Waals surface area contributed by atoms with E-state index in [0.29, 0.717) is 26.4 Å². The molecular weight excluding hydrogens is 392 g/mol. The SMILES string of the molecule is c1cc(OC(OCC2CO2)C2CO2)c2cccc(OC(OCC3CO3)C3CO3)c2c1. The highest BCUT2D eigenvalue weighted by molar-refractivity contribution is 5.93. The van der Waals surface area contributed by atoms with Gasteiger partial charge in [0.1, 0.15) is 35.9 Å². The third kappa shape index (κ3) is 4.54. The summed E-state index contributed by atoms with van der Waals surface area (Å²) in [5.74, 6) is 1.45. The summed E-state index contributed by atoms with van der Waals surface area (Å²) in [5, 5.41) is 1.88. The van der Waals surface area contributed by atoms with Crippen LogP contribution in [0.1, 0.15) is 0 Å². The van der Waals surface area contributed by atoms with Gasteiger partial charge in [-0.05, 0) is 12.1 Å². The molecule has 6 unspecified atom stereocenters. The fraction of sp³-hybridized carbons (Fsp3) is 0.545. The maximum atomic E-state index is 6.21. The number of hydrogen-bond acceptors (Lipinski definition) is 8. The highest BCUT2D eigenvalue weighted by Crippen LogP contribution is 2.35. The van der Waals surface area contributed by atoms with Crippen LogP contribution in [0.5, 0.6) is 11.5 Å². The van der Waals surface area contributed by atoms with E-state index in [0.717, 1.165) is 35.5 Å². The molecule has 4 fully saturated rings. The number of benzene rings is 2. The zero-order chi connectivity index (χ0) is 19.9. The number of epoxide rings is 4. The van der Waals surface area contributed by atoms with E-state index in [-0.39, 0.29) is 24.4 Å². The lowest BCUT2D eigenvalue weighted by atomic mass is 10.1. The minimum absolute atomic E-state index is 0.0483. The van der Waals surface area contributed by atoms with Crippen LogP contribution in [0, 0.1) is 0 Å². The van der Waals surface area contributed by atoms with E-state index in [2.05, 4.69) is 0 Å². The second-order valence-corrected chi connectivity index (χ2v) is 7.90. The molecule has 6 rings (SSSR count). The summed E-state index contributed by atoms with van der Waals surface area (Å²) in [6.45, 7) is 3.78. The predicted molar refractivity (Wildman–Crippen MR) is 104 cm³/mol. The fourth-order valence-electron chi connectivity index (χ4n) is 3.30. The Bertz CT molecular complexity index is 815. The molecule has 2 aromatic carbocycles. The van der Waals surface area contributed by atoms with Crippen molar-refractivity contribution < 1.29 is 37.9 Å². The van der Waals surface area contributed by atoms with Crippen molar-refractivity contribution in [3.8, 4) is 11.5 Å². The monoisotopic (exact) mass is 416 g/mol. The molecule has 2 aromatic rings. The van der Waals surface area contributed by atoms with Crippen LogP contribution in [0.3, 0.4) is 0 Å². The van der Waals surface area contributed by atoms with E-state index < -0.39 is 12.6 Å². The third-order valence-electron chi connectivity index (χ3n) is 5.35. The van der Waals surface area contributed by atoms with Crippen LogP contribution in [0.15, 0.2) is 36.4 Å². The summed E-state index contributed by atoms with van der Waals surface area (Å²) in [6, 6.07) is 11.8. The molecule has 0 aliphatic carbocycles. The standard InChI is InChI=1S/C22H24O8/c1-3-15-16(17(5-1)29-21(19-11-25-19)27-9-13-7-23-13)4-2-6-18(15)30-22(20-12-26-20)28-10-14-8-24-14/h1-6,13-14,19-22H,7-12H2. The number of fused-ring (bicyclic) bond motifs is 1. The highest BCUT2D eigenvalue weighted by Gasteiger charge is 2.39. The molecule has 4 saturated heterocycles. The van der Waals surface area contributed by atoms with Gasteiger partial charge in [0, 0.05) is 10.8 Å². The molecule has 0 aromatic heterocycles. The number of ether oxygens (including phenoxy) is 8. The molecule has 8 heteroatoms. The third-order valence-corrected chi connectivity index (χ3v) is 5.35. The maximum Gasteiger partial charge on any atom is 0.228 e. The van der Waals surface area contributed by atoms with Gasteiger partial charge in [-0.15, -0.1) is 0 Å². The van der Waals surface area contributed by atoms with Crippen LogP contribution >= 0.6 is 0 Å². The molecule has 4 aliphatic heterocycles. The smallest absolute Gasteiger partial charge is 0.228 e. The molecule has 0 spiro atoms. The average molecular weight is 416 g/mol. The van der Waals surface area contributed by atoms with Crippen LogP contribution in [-0.4, -0.2) is 76.6 Å². The molecule has 8 nitrogen and oxygen atoms in total. The van der Waals surface area contributed by atoms with Gasteiger partial charge in [0.05, 0.1) is 39.6 Å². The Labute approximate surface area is 173 Å². The minimum atomic E-state index is -0.459. The van der Waals surface area contributed by atoms with Crippen molar-refractivity contribution in [2.75, 3.05) is 39.6 Å². The lowest BCUT2D eigenvalue weighted by Crippen LogP contribution is -2.29. The first-order valence-corrected chi connectivity index (χ1v) is 10.4. The molecule has 4 heterocycles. The van der Waals surface area contributed by atoms with Crippen molar-refractivity contribution >= 4 is 10.8 Å². The summed E-state index contributed by atoms with van der Waals surface area (Å²) in [6.07, 6.45) is -0.673. The Hall–Kier alpha value is -1.94. The largest absolute Gasteiger partial charge is 0.461 e. The molecule has 0 bridgehead atoms. The Morgan fingerprint density at radius 1 is 0.667 bits per heavy atom. The quantitative estimate of drug-likeness (QED) is 0.383. The van der Waals surface area contributed by atoms with E-state index in [1.165, 1.54) is 0 Å². The Morgan fingerprint density at radius 3 is 1.47 bits per heavy atom. The lowest BCUT2D eigenvalue weighted by molar-refractivity contribution is -0.0977. The molecule has 160 valence electrons. The van der Waals surface area contributed by atoms with E-state index in [1.54, 1.807) is 0 Å². The van der Waals surface area contributed by atoms with Gasteiger partial charge in [0.25, 0.3) is 0 Å². The first-order chi connectivity index (χ1) is 14.8. The predicted octanol–water partition coefficient (Wildman–Crippen LogP) is 1.88. The zero-order valence-corrected chi connectivity index (χ0v) is 16.4. The minimum Gasteiger partial charge on any atom is -0.461 e. The maximum absolute atomic E-state index is 6.21. The first kappa shape index (κ1) is 18.8. The van der Waals surface area contributed by atoms with E-state index >= 15 is 0 Å². The van der Waals surface area contributed by atoms with Crippen LogP contribution in [0.25, 0.3) is 10.8 Å². The van der Waals surface area contributed by atoms with Crippen molar-refractivity contribution in [2.45, 2.75) is 37.0 Å². The Morgan fingerprint density at radius 2 is 1.10 bits per heavy atom. The van der Waals surface area contributed by atoms with Crippen LogP contribution in [0.4, 0.5) is 0 Å². The van der Waals surface area contributed by atoms with Gasteiger partial charge in [-0.2, -0.15) is 0 Å². The van der Waals surface area contributed by atoms with Crippen molar-refractivity contribution in [1.29, 1.82) is 0 Å². The summed E-state index contributed by atoms with van der Waals surface area (Å²) in [5.41, 5.74) is 0. The van der Waals surface area contributed by atoms with Gasteiger partial charge < -0.3 is 37.9 Å². The Balaban J connectivity index is 1.20. The number of rotatable bonds is 12. The zero-order valence-electron chi connectivity index (χ0n) is 16.4.